The van der Waals surface area contributed by atoms with Crippen LogP contribution in [0.25, 0.3) is 10.9 Å². The molecule has 0 aliphatic rings. The van der Waals surface area contributed by atoms with Crippen molar-refractivity contribution in [1.82, 2.24) is 14.8 Å². The standard InChI is InChI=1S/C14H13N3/c1-11-7-9-16-17(11)10-13-5-2-4-12-6-3-8-15-14(12)13/h2-9H,10H2,1H3. The molecule has 17 heavy (non-hydrogen) atoms. The zero-order valence-electron chi connectivity index (χ0n) is 9.67. The molecule has 3 nitrogen and oxygen atoms in total. The van der Waals surface area contributed by atoms with E-state index in [0.29, 0.717) is 0 Å². The zero-order chi connectivity index (χ0) is 11.7. The number of rotatable bonds is 2. The van der Waals surface area contributed by atoms with Gasteiger partial charge in [0.05, 0.1) is 12.1 Å². The largest absolute Gasteiger partial charge is 0.265 e. The van der Waals surface area contributed by atoms with E-state index >= 15 is 0 Å². The molecule has 0 fully saturated rings. The van der Waals surface area contributed by atoms with Gasteiger partial charge in [0.15, 0.2) is 0 Å². The molecule has 84 valence electrons. The number of aromatic nitrogens is 3. The van der Waals surface area contributed by atoms with Crippen molar-refractivity contribution in [3.63, 3.8) is 0 Å². The maximum Gasteiger partial charge on any atom is 0.0752 e. The third kappa shape index (κ3) is 1.80. The maximum absolute atomic E-state index is 4.45. The first-order valence-corrected chi connectivity index (χ1v) is 5.65. The van der Waals surface area contributed by atoms with Crippen LogP contribution in [0.3, 0.4) is 0 Å². The average molecular weight is 223 g/mol. The summed E-state index contributed by atoms with van der Waals surface area (Å²) in [4.78, 5) is 4.45. The molecule has 0 saturated heterocycles. The Morgan fingerprint density at radius 1 is 1.06 bits per heavy atom. The molecule has 3 aromatic rings. The van der Waals surface area contributed by atoms with Gasteiger partial charge < -0.3 is 0 Å². The van der Waals surface area contributed by atoms with Crippen LogP contribution in [-0.2, 0) is 6.54 Å². The highest BCUT2D eigenvalue weighted by Crippen LogP contribution is 2.17. The summed E-state index contributed by atoms with van der Waals surface area (Å²) in [5.41, 5.74) is 3.43. The second-order valence-electron chi connectivity index (χ2n) is 4.12. The van der Waals surface area contributed by atoms with Gasteiger partial charge >= 0.3 is 0 Å². The van der Waals surface area contributed by atoms with E-state index in [1.165, 1.54) is 10.9 Å². The van der Waals surface area contributed by atoms with Crippen LogP contribution in [0.1, 0.15) is 11.3 Å². The predicted octanol–water partition coefficient (Wildman–Crippen LogP) is 2.79. The summed E-state index contributed by atoms with van der Waals surface area (Å²) in [5.74, 6) is 0. The summed E-state index contributed by atoms with van der Waals surface area (Å²) in [7, 11) is 0. The van der Waals surface area contributed by atoms with Crippen LogP contribution in [-0.4, -0.2) is 14.8 Å². The number of nitrogens with zero attached hydrogens (tertiary/aromatic N) is 3. The van der Waals surface area contributed by atoms with Gasteiger partial charge in [-0.15, -0.1) is 0 Å². The lowest BCUT2D eigenvalue weighted by Gasteiger charge is -2.07. The molecule has 0 spiro atoms. The van der Waals surface area contributed by atoms with Gasteiger partial charge in [0.2, 0.25) is 0 Å². The number of hydrogen-bond acceptors (Lipinski definition) is 2. The van der Waals surface area contributed by atoms with Gasteiger partial charge in [0.25, 0.3) is 0 Å². The molecule has 2 aromatic heterocycles. The average Bonchev–Trinajstić information content (AvgIpc) is 2.76. The number of para-hydroxylation sites is 1. The smallest absolute Gasteiger partial charge is 0.0752 e. The Bertz CT molecular complexity index is 650. The van der Waals surface area contributed by atoms with Crippen LogP contribution < -0.4 is 0 Å². The minimum absolute atomic E-state index is 0.771. The van der Waals surface area contributed by atoms with Crippen molar-refractivity contribution in [1.29, 1.82) is 0 Å². The van der Waals surface area contributed by atoms with Crippen LogP contribution in [0.2, 0.25) is 0 Å². The van der Waals surface area contributed by atoms with Gasteiger partial charge in [0.1, 0.15) is 0 Å². The third-order valence-corrected chi connectivity index (χ3v) is 2.97. The van der Waals surface area contributed by atoms with Crippen LogP contribution in [0, 0.1) is 6.92 Å². The molecular weight excluding hydrogens is 210 g/mol. The van der Waals surface area contributed by atoms with Gasteiger partial charge in [0, 0.05) is 23.5 Å². The van der Waals surface area contributed by atoms with Gasteiger partial charge in [-0.25, -0.2) is 0 Å². The Balaban J connectivity index is 2.09. The fourth-order valence-corrected chi connectivity index (χ4v) is 2.02. The minimum Gasteiger partial charge on any atom is -0.265 e. The SMILES string of the molecule is Cc1ccnn1Cc1cccc2cccnc12. The lowest BCUT2D eigenvalue weighted by molar-refractivity contribution is 0.667. The Kier molecular flexibility index (Phi) is 2.37. The van der Waals surface area contributed by atoms with E-state index in [1.54, 1.807) is 0 Å². The van der Waals surface area contributed by atoms with Crippen LogP contribution >= 0.6 is 0 Å². The summed E-state index contributed by atoms with van der Waals surface area (Å²) in [6.07, 6.45) is 3.66. The van der Waals surface area contributed by atoms with E-state index in [4.69, 9.17) is 0 Å². The number of benzene rings is 1. The van der Waals surface area contributed by atoms with E-state index in [9.17, 15) is 0 Å². The molecule has 3 heteroatoms. The van der Waals surface area contributed by atoms with E-state index in [0.717, 1.165) is 17.8 Å². The molecule has 0 saturated carbocycles. The maximum atomic E-state index is 4.45. The normalized spacial score (nSPS) is 10.9. The van der Waals surface area contributed by atoms with Crippen molar-refractivity contribution in [3.05, 3.63) is 60.0 Å². The Morgan fingerprint density at radius 3 is 2.76 bits per heavy atom. The number of fused-ring (bicyclic) bond motifs is 1. The molecule has 0 atom stereocenters. The van der Waals surface area contributed by atoms with Gasteiger partial charge in [-0.2, -0.15) is 5.10 Å². The van der Waals surface area contributed by atoms with Crippen LogP contribution in [0.15, 0.2) is 48.8 Å². The summed E-state index contributed by atoms with van der Waals surface area (Å²) in [5, 5.41) is 5.48. The van der Waals surface area contributed by atoms with Gasteiger partial charge in [-0.05, 0) is 24.6 Å². The lowest BCUT2D eigenvalue weighted by Crippen LogP contribution is -2.04. The third-order valence-electron chi connectivity index (χ3n) is 2.97. The molecule has 1 aromatic carbocycles. The Hall–Kier alpha value is -2.16. The van der Waals surface area contributed by atoms with Gasteiger partial charge in [-0.3, -0.25) is 9.67 Å². The van der Waals surface area contributed by atoms with Crippen molar-refractivity contribution < 1.29 is 0 Å². The van der Waals surface area contributed by atoms with Crippen molar-refractivity contribution in [2.24, 2.45) is 0 Å². The summed E-state index contributed by atoms with van der Waals surface area (Å²) in [6.45, 7) is 2.83. The van der Waals surface area contributed by atoms with Crippen LogP contribution in [0.4, 0.5) is 0 Å². The molecule has 0 N–H and O–H groups in total. The van der Waals surface area contributed by atoms with Crippen molar-refractivity contribution in [2.45, 2.75) is 13.5 Å². The summed E-state index contributed by atoms with van der Waals surface area (Å²) < 4.78 is 1.99. The number of hydrogen-bond donors (Lipinski definition) is 0. The lowest BCUT2D eigenvalue weighted by atomic mass is 10.1. The molecule has 0 aliphatic heterocycles. The molecule has 0 unspecified atom stereocenters. The summed E-state index contributed by atoms with van der Waals surface area (Å²) >= 11 is 0. The zero-order valence-corrected chi connectivity index (χ0v) is 9.67. The first-order valence-electron chi connectivity index (χ1n) is 5.65. The molecule has 0 radical (unpaired) electrons. The van der Waals surface area contributed by atoms with E-state index in [1.807, 2.05) is 29.2 Å². The van der Waals surface area contributed by atoms with E-state index in [2.05, 4.69) is 41.3 Å². The van der Waals surface area contributed by atoms with Crippen molar-refractivity contribution in [3.8, 4) is 0 Å². The van der Waals surface area contributed by atoms with E-state index < -0.39 is 0 Å². The summed E-state index contributed by atoms with van der Waals surface area (Å²) in [6, 6.07) is 12.3. The molecule has 0 amide bonds. The number of pyridine rings is 1. The van der Waals surface area contributed by atoms with Crippen molar-refractivity contribution >= 4 is 10.9 Å². The number of aryl methyl sites for hydroxylation is 1. The molecule has 3 rings (SSSR count). The fraction of sp³-hybridized carbons (Fsp3) is 0.143. The molecule has 0 bridgehead atoms. The Morgan fingerprint density at radius 2 is 1.94 bits per heavy atom. The topological polar surface area (TPSA) is 30.7 Å². The predicted molar refractivity (Wildman–Crippen MR) is 67.8 cm³/mol. The Labute approximate surface area is 99.7 Å². The molecule has 0 aliphatic carbocycles. The quantitative estimate of drug-likeness (QED) is 0.668. The minimum atomic E-state index is 0.771. The fourth-order valence-electron chi connectivity index (χ4n) is 2.02. The van der Waals surface area contributed by atoms with Gasteiger partial charge in [-0.1, -0.05) is 24.3 Å². The highest BCUT2D eigenvalue weighted by Gasteiger charge is 2.04. The first kappa shape index (κ1) is 10.0. The van der Waals surface area contributed by atoms with Crippen molar-refractivity contribution in [2.75, 3.05) is 0 Å². The first-order chi connectivity index (χ1) is 8.34. The second kappa shape index (κ2) is 4.01. The van der Waals surface area contributed by atoms with Crippen LogP contribution in [0.5, 0.6) is 0 Å². The highest BCUT2D eigenvalue weighted by molar-refractivity contribution is 5.81. The molecular formula is C14H13N3. The molecule has 2 heterocycles. The second-order valence-corrected chi connectivity index (χ2v) is 4.12. The van der Waals surface area contributed by atoms with E-state index in [-0.39, 0.29) is 0 Å². The highest BCUT2D eigenvalue weighted by atomic mass is 15.3. The monoisotopic (exact) mass is 223 g/mol.